The molecule has 1 aromatic rings. The van der Waals surface area contributed by atoms with E-state index >= 15 is 0 Å². The number of sulfonamides is 1. The highest BCUT2D eigenvalue weighted by molar-refractivity contribution is 7.90. The Morgan fingerprint density at radius 2 is 1.74 bits per heavy atom. The molecule has 1 saturated heterocycles. The van der Waals surface area contributed by atoms with E-state index in [0.717, 1.165) is 30.5 Å². The summed E-state index contributed by atoms with van der Waals surface area (Å²) in [5.74, 6) is 0.425. The van der Waals surface area contributed by atoms with E-state index in [1.165, 1.54) is 0 Å². The maximum atomic E-state index is 12.8. The summed E-state index contributed by atoms with van der Waals surface area (Å²) in [4.78, 5) is 14.5. The molecule has 0 spiro atoms. The van der Waals surface area contributed by atoms with Crippen molar-refractivity contribution >= 4 is 21.7 Å². The Bertz CT molecular complexity index is 733. The van der Waals surface area contributed by atoms with Gasteiger partial charge in [0.15, 0.2) is 0 Å². The molecule has 27 heavy (non-hydrogen) atoms. The fraction of sp³-hybridized carbons (Fsp3) is 0.650. The number of nitrogens with one attached hydrogen (secondary N) is 2. The number of nitrogens with zero attached hydrogens (tertiary/aromatic N) is 1. The van der Waals surface area contributed by atoms with Crippen molar-refractivity contribution in [3.63, 3.8) is 0 Å². The molecule has 152 valence electrons. The molecule has 0 radical (unpaired) electrons. The van der Waals surface area contributed by atoms with Gasteiger partial charge in [-0.15, -0.1) is 0 Å². The van der Waals surface area contributed by atoms with Crippen molar-refractivity contribution in [1.82, 2.24) is 9.62 Å². The summed E-state index contributed by atoms with van der Waals surface area (Å²) in [7, 11) is -3.77. The van der Waals surface area contributed by atoms with Crippen molar-refractivity contribution < 1.29 is 13.2 Å². The summed E-state index contributed by atoms with van der Waals surface area (Å²) >= 11 is 0. The first-order valence-electron chi connectivity index (χ1n) is 9.86. The van der Waals surface area contributed by atoms with Gasteiger partial charge < -0.3 is 5.32 Å². The average molecular weight is 396 g/mol. The topological polar surface area (TPSA) is 78.5 Å². The van der Waals surface area contributed by atoms with Crippen LogP contribution in [0.2, 0.25) is 0 Å². The van der Waals surface area contributed by atoms with Crippen LogP contribution in [0, 0.1) is 0 Å². The van der Waals surface area contributed by atoms with E-state index in [2.05, 4.69) is 37.7 Å². The van der Waals surface area contributed by atoms with E-state index in [9.17, 15) is 13.2 Å². The van der Waals surface area contributed by atoms with Crippen molar-refractivity contribution in [1.29, 1.82) is 0 Å². The molecule has 2 N–H and O–H groups in total. The van der Waals surface area contributed by atoms with Crippen LogP contribution in [0.5, 0.6) is 0 Å². The molecule has 1 atom stereocenters. The number of amides is 2. The molecule has 1 aromatic carbocycles. The zero-order chi connectivity index (χ0) is 20.2. The first kappa shape index (κ1) is 21.7. The predicted octanol–water partition coefficient (Wildman–Crippen LogP) is 4.22. The molecular formula is C20H33N3O3S. The van der Waals surface area contributed by atoms with Crippen LogP contribution in [0.1, 0.15) is 76.8 Å². The largest absolute Gasteiger partial charge is 0.332 e. The van der Waals surface area contributed by atoms with Gasteiger partial charge >= 0.3 is 6.03 Å². The lowest BCUT2D eigenvalue weighted by Gasteiger charge is -2.34. The van der Waals surface area contributed by atoms with Gasteiger partial charge in [0.05, 0.1) is 0 Å². The highest BCUT2D eigenvalue weighted by atomic mass is 32.2. The van der Waals surface area contributed by atoms with Crippen LogP contribution < -0.4 is 10.0 Å². The molecule has 7 heteroatoms. The molecule has 1 aliphatic heterocycles. The molecule has 0 aromatic heterocycles. The maximum Gasteiger partial charge on any atom is 0.332 e. The van der Waals surface area contributed by atoms with Crippen molar-refractivity contribution in [3.05, 3.63) is 29.3 Å². The molecule has 1 aliphatic rings. The predicted molar refractivity (Wildman–Crippen MR) is 111 cm³/mol. The molecule has 6 nitrogen and oxygen atoms in total. The maximum absolute atomic E-state index is 12.8. The van der Waals surface area contributed by atoms with Gasteiger partial charge in [-0.1, -0.05) is 52.8 Å². The van der Waals surface area contributed by atoms with Gasteiger partial charge in [-0.05, 0) is 55.3 Å². The third kappa shape index (κ3) is 5.23. The van der Waals surface area contributed by atoms with E-state index < -0.39 is 21.4 Å². The van der Waals surface area contributed by atoms with Gasteiger partial charge in [0.1, 0.15) is 5.37 Å². The Kier molecular flexibility index (Phi) is 7.28. The highest BCUT2D eigenvalue weighted by Crippen LogP contribution is 2.32. The number of rotatable bonds is 6. The SMILES string of the molecule is CCN1CCCCC1S(=O)(=O)NC(=O)Nc1c(C(C)C)cccc1C(C)C. The van der Waals surface area contributed by atoms with E-state index in [4.69, 9.17) is 0 Å². The lowest BCUT2D eigenvalue weighted by molar-refractivity contribution is 0.206. The van der Waals surface area contributed by atoms with Crippen LogP contribution in [0.15, 0.2) is 18.2 Å². The Morgan fingerprint density at radius 1 is 1.15 bits per heavy atom. The van der Waals surface area contributed by atoms with Gasteiger partial charge in [0.2, 0.25) is 0 Å². The second kappa shape index (κ2) is 9.06. The zero-order valence-corrected chi connectivity index (χ0v) is 17.9. The molecular weight excluding hydrogens is 362 g/mol. The van der Waals surface area contributed by atoms with E-state index in [1.807, 2.05) is 30.0 Å². The minimum atomic E-state index is -3.77. The minimum absolute atomic E-state index is 0.213. The lowest BCUT2D eigenvalue weighted by Crippen LogP contribution is -2.51. The van der Waals surface area contributed by atoms with Gasteiger partial charge in [-0.2, -0.15) is 0 Å². The fourth-order valence-electron chi connectivity index (χ4n) is 3.71. The van der Waals surface area contributed by atoms with Crippen LogP contribution in [0.4, 0.5) is 10.5 Å². The summed E-state index contributed by atoms with van der Waals surface area (Å²) in [6.07, 6.45) is 2.40. The summed E-state index contributed by atoms with van der Waals surface area (Å²) in [6.45, 7) is 11.6. The van der Waals surface area contributed by atoms with E-state index in [-0.39, 0.29) is 11.8 Å². The summed E-state index contributed by atoms with van der Waals surface area (Å²) in [5, 5.41) is 2.18. The van der Waals surface area contributed by atoms with Crippen molar-refractivity contribution in [2.45, 2.75) is 71.1 Å². The number of anilines is 1. The fourth-order valence-corrected chi connectivity index (χ4v) is 5.27. The first-order valence-corrected chi connectivity index (χ1v) is 11.4. The minimum Gasteiger partial charge on any atom is -0.307 e. The van der Waals surface area contributed by atoms with Crippen LogP contribution in [-0.2, 0) is 10.0 Å². The normalized spacial score (nSPS) is 18.7. The van der Waals surface area contributed by atoms with E-state index in [0.29, 0.717) is 18.7 Å². The molecule has 1 heterocycles. The Balaban J connectivity index is 2.22. The number of benzene rings is 1. The summed E-state index contributed by atoms with van der Waals surface area (Å²) < 4.78 is 27.8. The summed E-state index contributed by atoms with van der Waals surface area (Å²) in [6, 6.07) is 5.24. The number of carbonyl (C=O) groups is 1. The van der Waals surface area contributed by atoms with Crippen LogP contribution in [0.3, 0.4) is 0 Å². The lowest BCUT2D eigenvalue weighted by atomic mass is 9.93. The number of hydrogen-bond donors (Lipinski definition) is 2. The number of hydrogen-bond acceptors (Lipinski definition) is 4. The molecule has 2 amide bonds. The Hall–Kier alpha value is -1.60. The number of likely N-dealkylation sites (tertiary alicyclic amines) is 1. The van der Waals surface area contributed by atoms with Gasteiger partial charge in [-0.3, -0.25) is 4.90 Å². The standard InChI is InChI=1S/C20H33N3O3S/c1-6-23-13-8-7-12-18(23)27(25,26)22-20(24)21-19-16(14(2)3)10-9-11-17(19)15(4)5/h9-11,14-15,18H,6-8,12-13H2,1-5H3,(H2,21,22,24). The molecule has 0 saturated carbocycles. The molecule has 2 rings (SSSR count). The third-order valence-corrected chi connectivity index (χ3v) is 6.88. The molecule has 1 fully saturated rings. The number of carbonyl (C=O) groups excluding carboxylic acids is 1. The van der Waals surface area contributed by atoms with Gasteiger partial charge in [0, 0.05) is 5.69 Å². The average Bonchev–Trinajstić information content (AvgIpc) is 2.60. The zero-order valence-electron chi connectivity index (χ0n) is 17.1. The van der Waals surface area contributed by atoms with Crippen LogP contribution in [-0.4, -0.2) is 37.8 Å². The Labute approximate surface area is 163 Å². The highest BCUT2D eigenvalue weighted by Gasteiger charge is 2.34. The number of urea groups is 1. The van der Waals surface area contributed by atoms with Gasteiger partial charge in [0.25, 0.3) is 10.0 Å². The first-order chi connectivity index (χ1) is 12.7. The van der Waals surface area contributed by atoms with Gasteiger partial charge in [-0.25, -0.2) is 17.9 Å². The van der Waals surface area contributed by atoms with Crippen LogP contribution >= 0.6 is 0 Å². The van der Waals surface area contributed by atoms with Crippen molar-refractivity contribution in [3.8, 4) is 0 Å². The Morgan fingerprint density at radius 3 is 2.26 bits per heavy atom. The van der Waals surface area contributed by atoms with Crippen LogP contribution in [0.25, 0.3) is 0 Å². The molecule has 0 bridgehead atoms. The quantitative estimate of drug-likeness (QED) is 0.756. The second-order valence-corrected chi connectivity index (χ2v) is 9.64. The number of para-hydroxylation sites is 1. The van der Waals surface area contributed by atoms with E-state index in [1.54, 1.807) is 0 Å². The smallest absolute Gasteiger partial charge is 0.307 e. The van der Waals surface area contributed by atoms with Crippen molar-refractivity contribution in [2.24, 2.45) is 0 Å². The summed E-state index contributed by atoms with van der Waals surface area (Å²) in [5.41, 5.74) is 2.72. The third-order valence-electron chi connectivity index (χ3n) is 5.16. The number of piperidine rings is 1. The second-order valence-electron chi connectivity index (χ2n) is 7.80. The molecule has 0 aliphatic carbocycles. The van der Waals surface area contributed by atoms with Crippen molar-refractivity contribution in [2.75, 3.05) is 18.4 Å². The molecule has 1 unspecified atom stereocenters. The monoisotopic (exact) mass is 395 g/mol.